The van der Waals surface area contributed by atoms with Gasteiger partial charge in [0.25, 0.3) is 0 Å². The molecule has 1 saturated carbocycles. The van der Waals surface area contributed by atoms with Gasteiger partial charge in [-0.2, -0.15) is 0 Å². The number of rotatable bonds is 8. The molecule has 3 N–H and O–H groups in total. The first-order valence-corrected chi connectivity index (χ1v) is 8.50. The number of thiazole rings is 1. The Morgan fingerprint density at radius 2 is 2.09 bits per heavy atom. The maximum absolute atomic E-state index is 12.0. The van der Waals surface area contributed by atoms with Gasteiger partial charge in [0.2, 0.25) is 11.8 Å². The number of hydrogen-bond acceptors (Lipinski definition) is 5. The summed E-state index contributed by atoms with van der Waals surface area (Å²) in [4.78, 5) is 38.9. The van der Waals surface area contributed by atoms with Gasteiger partial charge in [-0.15, -0.1) is 11.3 Å². The monoisotopic (exact) mass is 339 g/mol. The second-order valence-electron chi connectivity index (χ2n) is 6.17. The van der Waals surface area contributed by atoms with Crippen LogP contribution in [0, 0.1) is 11.8 Å². The first-order chi connectivity index (χ1) is 10.8. The lowest BCUT2D eigenvalue weighted by atomic mass is 10.0. The van der Waals surface area contributed by atoms with Gasteiger partial charge < -0.3 is 15.7 Å². The summed E-state index contributed by atoms with van der Waals surface area (Å²) in [5, 5.41) is 16.5. The van der Waals surface area contributed by atoms with Gasteiger partial charge in [-0.25, -0.2) is 9.78 Å². The zero-order valence-electron chi connectivity index (χ0n) is 13.2. The van der Waals surface area contributed by atoms with E-state index in [1.807, 2.05) is 13.8 Å². The average Bonchev–Trinajstić information content (AvgIpc) is 3.21. The second kappa shape index (κ2) is 7.54. The molecule has 0 spiro atoms. The maximum Gasteiger partial charge on any atom is 0.326 e. The first-order valence-electron chi connectivity index (χ1n) is 7.62. The van der Waals surface area contributed by atoms with E-state index in [4.69, 9.17) is 5.11 Å². The van der Waals surface area contributed by atoms with Gasteiger partial charge >= 0.3 is 5.97 Å². The van der Waals surface area contributed by atoms with Gasteiger partial charge in [0.1, 0.15) is 6.04 Å². The third kappa shape index (κ3) is 5.63. The molecule has 0 aromatic carbocycles. The van der Waals surface area contributed by atoms with Crippen molar-refractivity contribution < 1.29 is 19.5 Å². The highest BCUT2D eigenvalue weighted by Gasteiger charge is 2.30. The molecule has 1 aliphatic carbocycles. The van der Waals surface area contributed by atoms with Crippen LogP contribution in [0.5, 0.6) is 0 Å². The van der Waals surface area contributed by atoms with Crippen LogP contribution < -0.4 is 10.6 Å². The SMILES string of the molecule is CC(C)CC(NC(=O)Cc1csc(NC(=O)C2CC2)n1)C(=O)O. The van der Waals surface area contributed by atoms with Crippen LogP contribution in [0.25, 0.3) is 0 Å². The lowest BCUT2D eigenvalue weighted by molar-refractivity contribution is -0.142. The van der Waals surface area contributed by atoms with Crippen LogP contribution in [-0.4, -0.2) is 33.9 Å². The minimum absolute atomic E-state index is 0.00231. The Morgan fingerprint density at radius 1 is 1.39 bits per heavy atom. The predicted molar refractivity (Wildman–Crippen MR) is 86.2 cm³/mol. The number of nitrogens with one attached hydrogen (secondary N) is 2. The molecule has 0 bridgehead atoms. The number of hydrogen-bond donors (Lipinski definition) is 3. The van der Waals surface area contributed by atoms with Crippen molar-refractivity contribution in [2.24, 2.45) is 11.8 Å². The fourth-order valence-corrected chi connectivity index (χ4v) is 2.81. The van der Waals surface area contributed by atoms with Crippen molar-refractivity contribution in [3.05, 3.63) is 11.1 Å². The molecular formula is C15H21N3O4S. The third-order valence-electron chi connectivity index (χ3n) is 3.41. The lowest BCUT2D eigenvalue weighted by Gasteiger charge is -2.16. The fourth-order valence-electron chi connectivity index (χ4n) is 2.10. The number of carboxylic acids is 1. The molecule has 7 nitrogen and oxygen atoms in total. The molecule has 1 aromatic heterocycles. The van der Waals surface area contributed by atoms with Crippen LogP contribution in [0.4, 0.5) is 5.13 Å². The third-order valence-corrected chi connectivity index (χ3v) is 4.22. The number of aliphatic carboxylic acids is 1. The van der Waals surface area contributed by atoms with Gasteiger partial charge in [0, 0.05) is 11.3 Å². The Morgan fingerprint density at radius 3 is 2.65 bits per heavy atom. The Hall–Kier alpha value is -1.96. The largest absolute Gasteiger partial charge is 0.480 e. The number of nitrogens with zero attached hydrogens (tertiary/aromatic N) is 1. The molecule has 1 fully saturated rings. The van der Waals surface area contributed by atoms with E-state index in [1.165, 1.54) is 11.3 Å². The normalized spacial score (nSPS) is 15.3. The van der Waals surface area contributed by atoms with Crippen molar-refractivity contribution in [3.8, 4) is 0 Å². The zero-order valence-corrected chi connectivity index (χ0v) is 14.0. The quantitative estimate of drug-likeness (QED) is 0.667. The lowest BCUT2D eigenvalue weighted by Crippen LogP contribution is -2.42. The Balaban J connectivity index is 1.85. The molecular weight excluding hydrogens is 318 g/mol. The van der Waals surface area contributed by atoms with Crippen molar-refractivity contribution in [2.75, 3.05) is 5.32 Å². The minimum Gasteiger partial charge on any atom is -0.480 e. The van der Waals surface area contributed by atoms with Gasteiger partial charge in [0.15, 0.2) is 5.13 Å². The van der Waals surface area contributed by atoms with Gasteiger partial charge in [0.05, 0.1) is 12.1 Å². The first kappa shape index (κ1) is 17.4. The number of anilines is 1. The number of carboxylic acid groups (broad SMARTS) is 1. The zero-order chi connectivity index (χ0) is 17.0. The Kier molecular flexibility index (Phi) is 5.70. The van der Waals surface area contributed by atoms with Gasteiger partial charge in [-0.05, 0) is 25.2 Å². The highest BCUT2D eigenvalue weighted by Crippen LogP contribution is 2.30. The molecule has 1 aliphatic rings. The van der Waals surface area contributed by atoms with Crippen molar-refractivity contribution in [3.63, 3.8) is 0 Å². The summed E-state index contributed by atoms with van der Waals surface area (Å²) in [5.74, 6) is -1.19. The van der Waals surface area contributed by atoms with Crippen LogP contribution >= 0.6 is 11.3 Å². The van der Waals surface area contributed by atoms with Crippen LogP contribution in [0.1, 0.15) is 38.8 Å². The standard InChI is InChI=1S/C15H21N3O4S/c1-8(2)5-11(14(21)22)17-12(19)6-10-7-23-15(16-10)18-13(20)9-3-4-9/h7-9,11H,3-6H2,1-2H3,(H,17,19)(H,21,22)(H,16,18,20). The topological polar surface area (TPSA) is 108 Å². The summed E-state index contributed by atoms with van der Waals surface area (Å²) in [6, 6.07) is -0.893. The molecule has 126 valence electrons. The molecule has 2 rings (SSSR count). The molecule has 1 heterocycles. The van der Waals surface area contributed by atoms with Crippen molar-refractivity contribution >= 4 is 34.3 Å². The summed E-state index contributed by atoms with van der Waals surface area (Å²) in [6.07, 6.45) is 2.20. The fraction of sp³-hybridized carbons (Fsp3) is 0.600. The number of amides is 2. The van der Waals surface area contributed by atoms with Crippen molar-refractivity contribution in [1.82, 2.24) is 10.3 Å². The maximum atomic E-state index is 12.0. The molecule has 0 aliphatic heterocycles. The van der Waals surface area contributed by atoms with Crippen LogP contribution in [0.3, 0.4) is 0 Å². The van der Waals surface area contributed by atoms with Gasteiger partial charge in [-0.1, -0.05) is 13.8 Å². The number of carbonyl (C=O) groups excluding carboxylic acids is 2. The molecule has 1 atom stereocenters. The second-order valence-corrected chi connectivity index (χ2v) is 7.03. The van der Waals surface area contributed by atoms with Crippen molar-refractivity contribution in [1.29, 1.82) is 0 Å². The summed E-state index contributed by atoms with van der Waals surface area (Å²) in [6.45, 7) is 3.80. The molecule has 0 saturated heterocycles. The summed E-state index contributed by atoms with van der Waals surface area (Å²) in [5.41, 5.74) is 0.521. The molecule has 2 amide bonds. The number of aromatic nitrogens is 1. The Labute approximate surface area is 138 Å². The van der Waals surface area contributed by atoms with E-state index in [1.54, 1.807) is 5.38 Å². The van der Waals surface area contributed by atoms with E-state index in [0.717, 1.165) is 12.8 Å². The Bertz CT molecular complexity index is 595. The summed E-state index contributed by atoms with van der Waals surface area (Å²) >= 11 is 1.26. The summed E-state index contributed by atoms with van der Waals surface area (Å²) < 4.78 is 0. The highest BCUT2D eigenvalue weighted by molar-refractivity contribution is 7.13. The molecule has 0 radical (unpaired) electrons. The number of carbonyl (C=O) groups is 3. The van der Waals surface area contributed by atoms with E-state index in [2.05, 4.69) is 15.6 Å². The van der Waals surface area contributed by atoms with Crippen LogP contribution in [0.15, 0.2) is 5.38 Å². The summed E-state index contributed by atoms with van der Waals surface area (Å²) in [7, 11) is 0. The molecule has 1 aromatic rings. The molecule has 1 unspecified atom stereocenters. The smallest absolute Gasteiger partial charge is 0.326 e. The van der Waals surface area contributed by atoms with Crippen LogP contribution in [-0.2, 0) is 20.8 Å². The molecule has 8 heteroatoms. The van der Waals surface area contributed by atoms with Gasteiger partial charge in [-0.3, -0.25) is 9.59 Å². The van der Waals surface area contributed by atoms with Crippen molar-refractivity contribution in [2.45, 2.75) is 45.6 Å². The van der Waals surface area contributed by atoms with E-state index >= 15 is 0 Å². The van der Waals surface area contributed by atoms with E-state index in [9.17, 15) is 14.4 Å². The minimum atomic E-state index is -1.04. The van der Waals surface area contributed by atoms with E-state index in [0.29, 0.717) is 17.2 Å². The molecule has 23 heavy (non-hydrogen) atoms. The van der Waals surface area contributed by atoms with Crippen LogP contribution in [0.2, 0.25) is 0 Å². The van der Waals surface area contributed by atoms with E-state index in [-0.39, 0.29) is 30.1 Å². The highest BCUT2D eigenvalue weighted by atomic mass is 32.1. The average molecular weight is 339 g/mol. The van der Waals surface area contributed by atoms with E-state index < -0.39 is 12.0 Å². The predicted octanol–water partition coefficient (Wildman–Crippen LogP) is 1.65.